The van der Waals surface area contributed by atoms with E-state index in [-0.39, 0.29) is 0 Å². The molecule has 1 heterocycles. The summed E-state index contributed by atoms with van der Waals surface area (Å²) in [6.45, 7) is 6.61. The van der Waals surface area contributed by atoms with Crippen molar-refractivity contribution in [2.45, 2.75) is 26.8 Å². The summed E-state index contributed by atoms with van der Waals surface area (Å²) >= 11 is 8.77. The van der Waals surface area contributed by atoms with Crippen molar-refractivity contribution in [3.8, 4) is 11.5 Å². The summed E-state index contributed by atoms with van der Waals surface area (Å²) in [6.07, 6.45) is 0. The molecule has 1 aromatic rings. The zero-order chi connectivity index (χ0) is 18.6. The SMILES string of the molecule is CCOc1cc([C@@H]2NC(=S)NC(C)=C2C(=O)OC)cc(Br)c1OCC. The number of hydrogen-bond acceptors (Lipinski definition) is 5. The summed E-state index contributed by atoms with van der Waals surface area (Å²) in [4.78, 5) is 12.3. The van der Waals surface area contributed by atoms with Gasteiger partial charge in [-0.3, -0.25) is 0 Å². The van der Waals surface area contributed by atoms with Crippen LogP contribution in [0.5, 0.6) is 11.5 Å². The Bertz CT molecular complexity index is 721. The summed E-state index contributed by atoms with van der Waals surface area (Å²) in [5.74, 6) is 0.805. The van der Waals surface area contributed by atoms with Gasteiger partial charge in [0.25, 0.3) is 0 Å². The van der Waals surface area contributed by atoms with Crippen LogP contribution in [0.4, 0.5) is 0 Å². The highest BCUT2D eigenvalue weighted by Gasteiger charge is 2.31. The molecule has 1 aromatic carbocycles. The first-order valence-electron chi connectivity index (χ1n) is 7.88. The average molecular weight is 429 g/mol. The molecular formula is C17H21BrN2O4S. The van der Waals surface area contributed by atoms with E-state index in [4.69, 9.17) is 26.4 Å². The molecule has 2 N–H and O–H groups in total. The molecule has 6 nitrogen and oxygen atoms in total. The fourth-order valence-corrected chi connectivity index (χ4v) is 3.47. The Morgan fingerprint density at radius 1 is 1.28 bits per heavy atom. The van der Waals surface area contributed by atoms with E-state index in [2.05, 4.69) is 26.6 Å². The van der Waals surface area contributed by atoms with Crippen LogP contribution < -0.4 is 20.1 Å². The normalized spacial score (nSPS) is 16.8. The lowest BCUT2D eigenvalue weighted by Gasteiger charge is -2.30. The van der Waals surface area contributed by atoms with Gasteiger partial charge in [-0.25, -0.2) is 4.79 Å². The third kappa shape index (κ3) is 4.24. The quantitative estimate of drug-likeness (QED) is 0.532. The summed E-state index contributed by atoms with van der Waals surface area (Å²) in [6, 6.07) is 3.28. The molecule has 1 aliphatic rings. The fraction of sp³-hybridized carbons (Fsp3) is 0.412. The Hall–Kier alpha value is -1.80. The number of esters is 1. The van der Waals surface area contributed by atoms with E-state index in [0.717, 1.165) is 10.0 Å². The lowest BCUT2D eigenvalue weighted by atomic mass is 9.95. The smallest absolute Gasteiger partial charge is 0.337 e. The molecule has 2 rings (SSSR count). The van der Waals surface area contributed by atoms with Crippen LogP contribution in [0, 0.1) is 0 Å². The van der Waals surface area contributed by atoms with Gasteiger partial charge >= 0.3 is 5.97 Å². The molecule has 1 atom stereocenters. The highest BCUT2D eigenvalue weighted by molar-refractivity contribution is 9.10. The topological polar surface area (TPSA) is 68.8 Å². The molecule has 0 saturated heterocycles. The van der Waals surface area contributed by atoms with Crippen molar-refractivity contribution >= 4 is 39.2 Å². The lowest BCUT2D eigenvalue weighted by molar-refractivity contribution is -0.136. The van der Waals surface area contributed by atoms with Gasteiger partial charge in [-0.1, -0.05) is 0 Å². The number of benzene rings is 1. The molecule has 0 fully saturated rings. The lowest BCUT2D eigenvalue weighted by Crippen LogP contribution is -2.45. The van der Waals surface area contributed by atoms with E-state index in [1.165, 1.54) is 7.11 Å². The highest BCUT2D eigenvalue weighted by Crippen LogP contribution is 2.40. The maximum atomic E-state index is 12.3. The van der Waals surface area contributed by atoms with Crippen LogP contribution in [-0.2, 0) is 9.53 Å². The summed E-state index contributed by atoms with van der Waals surface area (Å²) in [5, 5.41) is 6.53. The number of rotatable bonds is 6. The molecule has 0 radical (unpaired) electrons. The Morgan fingerprint density at radius 2 is 1.96 bits per heavy atom. The number of nitrogens with one attached hydrogen (secondary N) is 2. The van der Waals surface area contributed by atoms with Gasteiger partial charge in [0.1, 0.15) is 0 Å². The minimum absolute atomic E-state index is 0.423. The van der Waals surface area contributed by atoms with Gasteiger partial charge in [-0.05, 0) is 66.6 Å². The number of hydrogen-bond donors (Lipinski definition) is 2. The van der Waals surface area contributed by atoms with Crippen molar-refractivity contribution in [3.05, 3.63) is 33.4 Å². The Balaban J connectivity index is 2.56. The average Bonchev–Trinajstić information content (AvgIpc) is 2.56. The minimum atomic E-state index is -0.451. The summed E-state index contributed by atoms with van der Waals surface area (Å²) in [5.41, 5.74) is 1.93. The molecule has 25 heavy (non-hydrogen) atoms. The Morgan fingerprint density at radius 3 is 2.56 bits per heavy atom. The van der Waals surface area contributed by atoms with Crippen molar-refractivity contribution < 1.29 is 19.0 Å². The molecule has 8 heteroatoms. The first-order valence-corrected chi connectivity index (χ1v) is 9.08. The zero-order valence-electron chi connectivity index (χ0n) is 14.6. The standard InChI is InChI=1S/C17H21BrN2O4S/c1-5-23-12-8-10(7-11(18)15(12)24-6-2)14-13(16(21)22-4)9(3)19-17(25)20-14/h7-8,14H,5-6H2,1-4H3,(H2,19,20,25)/t14-/m0/s1. The number of thiocarbonyl (C=S) groups is 1. The fourth-order valence-electron chi connectivity index (χ4n) is 2.63. The second-order valence-electron chi connectivity index (χ2n) is 5.26. The first-order chi connectivity index (χ1) is 11.9. The number of allylic oxidation sites excluding steroid dienone is 1. The second-order valence-corrected chi connectivity index (χ2v) is 6.52. The maximum absolute atomic E-state index is 12.3. The highest BCUT2D eigenvalue weighted by atomic mass is 79.9. The van der Waals surface area contributed by atoms with Crippen molar-refractivity contribution in [1.82, 2.24) is 10.6 Å². The van der Waals surface area contributed by atoms with Crippen LogP contribution in [0.15, 0.2) is 27.9 Å². The van der Waals surface area contributed by atoms with Crippen molar-refractivity contribution in [2.24, 2.45) is 0 Å². The molecular weight excluding hydrogens is 408 g/mol. The predicted molar refractivity (Wildman–Crippen MR) is 103 cm³/mol. The van der Waals surface area contributed by atoms with Crippen LogP contribution in [0.25, 0.3) is 0 Å². The molecule has 0 bridgehead atoms. The van der Waals surface area contributed by atoms with Gasteiger partial charge in [0.05, 0.1) is 36.4 Å². The summed E-state index contributed by atoms with van der Waals surface area (Å²) < 4.78 is 17.0. The van der Waals surface area contributed by atoms with E-state index < -0.39 is 12.0 Å². The number of ether oxygens (including phenoxy) is 3. The van der Waals surface area contributed by atoms with E-state index in [1.807, 2.05) is 26.0 Å². The molecule has 0 unspecified atom stereocenters. The number of methoxy groups -OCH3 is 1. The van der Waals surface area contributed by atoms with Gasteiger partial charge in [0, 0.05) is 5.70 Å². The second kappa shape index (κ2) is 8.53. The third-order valence-electron chi connectivity index (χ3n) is 3.63. The molecule has 0 aliphatic carbocycles. The third-order valence-corrected chi connectivity index (χ3v) is 4.44. The van der Waals surface area contributed by atoms with Crippen LogP contribution >= 0.6 is 28.1 Å². The van der Waals surface area contributed by atoms with Crippen molar-refractivity contribution in [2.75, 3.05) is 20.3 Å². The molecule has 0 saturated carbocycles. The largest absolute Gasteiger partial charge is 0.490 e. The van der Waals surface area contributed by atoms with E-state index >= 15 is 0 Å². The van der Waals surface area contributed by atoms with Crippen LogP contribution in [0.3, 0.4) is 0 Å². The number of carbonyl (C=O) groups excluding carboxylic acids is 1. The maximum Gasteiger partial charge on any atom is 0.337 e. The predicted octanol–water partition coefficient (Wildman–Crippen LogP) is 3.21. The number of halogens is 1. The van der Waals surface area contributed by atoms with E-state index in [0.29, 0.717) is 41.1 Å². The van der Waals surface area contributed by atoms with Crippen LogP contribution in [0.2, 0.25) is 0 Å². The van der Waals surface area contributed by atoms with Gasteiger partial charge in [0.15, 0.2) is 16.6 Å². The number of carbonyl (C=O) groups is 1. The minimum Gasteiger partial charge on any atom is -0.490 e. The van der Waals surface area contributed by atoms with Crippen molar-refractivity contribution in [3.63, 3.8) is 0 Å². The van der Waals surface area contributed by atoms with Gasteiger partial charge in [0.2, 0.25) is 0 Å². The van der Waals surface area contributed by atoms with Gasteiger partial charge < -0.3 is 24.8 Å². The molecule has 1 aliphatic heterocycles. The Labute approximate surface area is 161 Å². The summed E-state index contributed by atoms with van der Waals surface area (Å²) in [7, 11) is 1.35. The van der Waals surface area contributed by atoms with Gasteiger partial charge in [-0.15, -0.1) is 0 Å². The molecule has 136 valence electrons. The van der Waals surface area contributed by atoms with Crippen LogP contribution in [-0.4, -0.2) is 31.4 Å². The van der Waals surface area contributed by atoms with E-state index in [1.54, 1.807) is 6.92 Å². The monoisotopic (exact) mass is 428 g/mol. The van der Waals surface area contributed by atoms with Gasteiger partial charge in [-0.2, -0.15) is 0 Å². The molecule has 0 amide bonds. The van der Waals surface area contributed by atoms with Crippen molar-refractivity contribution in [1.29, 1.82) is 0 Å². The van der Waals surface area contributed by atoms with E-state index in [9.17, 15) is 4.79 Å². The first kappa shape index (κ1) is 19.5. The molecule has 0 spiro atoms. The van der Waals surface area contributed by atoms with Crippen LogP contribution in [0.1, 0.15) is 32.4 Å². The molecule has 0 aromatic heterocycles. The zero-order valence-corrected chi connectivity index (χ0v) is 17.0. The Kier molecular flexibility index (Phi) is 6.66.